The van der Waals surface area contributed by atoms with E-state index in [-0.39, 0.29) is 17.5 Å². The van der Waals surface area contributed by atoms with Crippen molar-refractivity contribution in [1.82, 2.24) is 0 Å². The number of rotatable bonds is 17. The summed E-state index contributed by atoms with van der Waals surface area (Å²) in [6.07, 6.45) is 26.1. The molecule has 0 heterocycles. The van der Waals surface area contributed by atoms with Gasteiger partial charge in [-0.3, -0.25) is 9.59 Å². The van der Waals surface area contributed by atoms with Crippen LogP contribution in [0.1, 0.15) is 122 Å². The molecule has 0 spiro atoms. The quantitative estimate of drug-likeness (QED) is 0.253. The molecule has 1 unspecified atom stereocenters. The van der Waals surface area contributed by atoms with Crippen molar-refractivity contribution in [2.45, 2.75) is 122 Å². The van der Waals surface area contributed by atoms with Gasteiger partial charge in [-0.15, -0.1) is 0 Å². The Morgan fingerprint density at radius 2 is 1.08 bits per heavy atom. The van der Waals surface area contributed by atoms with Crippen molar-refractivity contribution in [3.8, 4) is 0 Å². The maximum absolute atomic E-state index is 11.7. The third-order valence-electron chi connectivity index (χ3n) is 5.69. The number of hydrogen-bond acceptors (Lipinski definition) is 2. The van der Waals surface area contributed by atoms with Crippen molar-refractivity contribution in [1.29, 1.82) is 0 Å². The van der Waals surface area contributed by atoms with Gasteiger partial charge in [0, 0.05) is 12.3 Å². The van der Waals surface area contributed by atoms with E-state index in [1.54, 1.807) is 0 Å². The van der Waals surface area contributed by atoms with Gasteiger partial charge in [0.2, 0.25) is 0 Å². The van der Waals surface area contributed by atoms with Crippen molar-refractivity contribution in [2.75, 3.05) is 0 Å². The zero-order chi connectivity index (χ0) is 18.9. The van der Waals surface area contributed by atoms with Crippen molar-refractivity contribution in [3.63, 3.8) is 0 Å². The highest BCUT2D eigenvalue weighted by Crippen LogP contribution is 2.20. The van der Waals surface area contributed by atoms with E-state index in [1.807, 2.05) is 0 Å². The molecule has 0 aromatic carbocycles. The molecule has 0 saturated heterocycles. The molecule has 0 bridgehead atoms. The Morgan fingerprint density at radius 3 is 1.54 bits per heavy atom. The molecular weight excluding hydrogens is 320 g/mol. The molecule has 1 rings (SSSR count). The molecule has 0 fully saturated rings. The first-order chi connectivity index (χ1) is 12.7. The van der Waals surface area contributed by atoms with Crippen LogP contribution in [0.4, 0.5) is 0 Å². The monoisotopic (exact) mass is 362 g/mol. The van der Waals surface area contributed by atoms with Crippen LogP contribution in [0.25, 0.3) is 0 Å². The Hall–Kier alpha value is -0.920. The first kappa shape index (κ1) is 23.1. The number of carbonyl (C=O) groups excluding carboxylic acids is 2. The SMILES string of the molecule is CCCCCCCCCCCCCCCCCCC1CC(=O)C=CC1=O. The van der Waals surface area contributed by atoms with Crippen LogP contribution >= 0.6 is 0 Å². The number of ketones is 2. The van der Waals surface area contributed by atoms with Crippen LogP contribution in [0.3, 0.4) is 0 Å². The van der Waals surface area contributed by atoms with E-state index in [0.29, 0.717) is 6.42 Å². The fourth-order valence-corrected chi connectivity index (χ4v) is 3.91. The fraction of sp³-hybridized carbons (Fsp3) is 0.833. The van der Waals surface area contributed by atoms with Gasteiger partial charge in [-0.2, -0.15) is 0 Å². The Labute approximate surface area is 162 Å². The molecule has 0 radical (unpaired) electrons. The molecular formula is C24H42O2. The van der Waals surface area contributed by atoms with Crippen molar-refractivity contribution >= 4 is 11.6 Å². The lowest BCUT2D eigenvalue weighted by Gasteiger charge is -2.15. The summed E-state index contributed by atoms with van der Waals surface area (Å²) in [6, 6.07) is 0. The molecule has 26 heavy (non-hydrogen) atoms. The third-order valence-corrected chi connectivity index (χ3v) is 5.69. The second-order valence-corrected chi connectivity index (χ2v) is 8.20. The van der Waals surface area contributed by atoms with Crippen LogP contribution in [0, 0.1) is 5.92 Å². The molecule has 2 heteroatoms. The van der Waals surface area contributed by atoms with Gasteiger partial charge in [0.05, 0.1) is 0 Å². The molecule has 0 aliphatic heterocycles. The standard InChI is InChI=1S/C24H42O2/c1-2-3-4-5-6-7-8-9-10-11-12-13-14-15-16-17-18-22-21-23(25)19-20-24(22)26/h19-20,22H,2-18,21H2,1H3. The predicted molar refractivity (Wildman–Crippen MR) is 111 cm³/mol. The van der Waals surface area contributed by atoms with Gasteiger partial charge in [-0.25, -0.2) is 0 Å². The molecule has 0 aromatic rings. The number of carbonyl (C=O) groups is 2. The third kappa shape index (κ3) is 12.4. The average Bonchev–Trinajstić information content (AvgIpc) is 2.64. The molecule has 1 aliphatic carbocycles. The van der Waals surface area contributed by atoms with E-state index in [9.17, 15) is 9.59 Å². The molecule has 0 saturated carbocycles. The van der Waals surface area contributed by atoms with E-state index >= 15 is 0 Å². The van der Waals surface area contributed by atoms with Gasteiger partial charge in [0.25, 0.3) is 0 Å². The zero-order valence-electron chi connectivity index (χ0n) is 17.3. The van der Waals surface area contributed by atoms with Gasteiger partial charge >= 0.3 is 0 Å². The molecule has 2 nitrogen and oxygen atoms in total. The number of hydrogen-bond donors (Lipinski definition) is 0. The summed E-state index contributed by atoms with van der Waals surface area (Å²) in [4.78, 5) is 23.0. The topological polar surface area (TPSA) is 34.1 Å². The highest BCUT2D eigenvalue weighted by molar-refractivity contribution is 6.05. The Bertz CT molecular complexity index is 397. The van der Waals surface area contributed by atoms with Crippen LogP contribution in [-0.2, 0) is 9.59 Å². The van der Waals surface area contributed by atoms with Crippen molar-refractivity contribution in [2.24, 2.45) is 5.92 Å². The van der Waals surface area contributed by atoms with Crippen LogP contribution in [0.2, 0.25) is 0 Å². The Kier molecular flexibility index (Phi) is 14.5. The lowest BCUT2D eigenvalue weighted by Crippen LogP contribution is -2.20. The van der Waals surface area contributed by atoms with Crippen LogP contribution < -0.4 is 0 Å². The van der Waals surface area contributed by atoms with Crippen LogP contribution in [0.15, 0.2) is 12.2 Å². The number of unbranched alkanes of at least 4 members (excludes halogenated alkanes) is 15. The summed E-state index contributed by atoms with van der Waals surface area (Å²) in [7, 11) is 0. The first-order valence-electron chi connectivity index (χ1n) is 11.5. The largest absolute Gasteiger partial charge is 0.295 e. The van der Waals surface area contributed by atoms with Gasteiger partial charge < -0.3 is 0 Å². The van der Waals surface area contributed by atoms with Gasteiger partial charge in [0.15, 0.2) is 11.6 Å². The van der Waals surface area contributed by atoms with E-state index in [0.717, 1.165) is 12.8 Å². The molecule has 0 N–H and O–H groups in total. The Morgan fingerprint density at radius 1 is 0.654 bits per heavy atom. The molecule has 0 aromatic heterocycles. The maximum atomic E-state index is 11.7. The maximum Gasteiger partial charge on any atom is 0.159 e. The summed E-state index contributed by atoms with van der Waals surface area (Å²) in [5.41, 5.74) is 0. The predicted octanol–water partition coefficient (Wildman–Crippen LogP) is 7.35. The highest BCUT2D eigenvalue weighted by Gasteiger charge is 2.22. The Balaban J connectivity index is 1.77. The molecule has 0 amide bonds. The number of allylic oxidation sites excluding steroid dienone is 2. The van der Waals surface area contributed by atoms with E-state index in [2.05, 4.69) is 6.92 Å². The fourth-order valence-electron chi connectivity index (χ4n) is 3.91. The summed E-state index contributed by atoms with van der Waals surface area (Å²) in [6.45, 7) is 2.28. The minimum Gasteiger partial charge on any atom is -0.295 e. The van der Waals surface area contributed by atoms with Crippen molar-refractivity contribution < 1.29 is 9.59 Å². The normalized spacial score (nSPS) is 17.2. The summed E-state index contributed by atoms with van der Waals surface area (Å²) in [5.74, 6) is 0.246. The van der Waals surface area contributed by atoms with Crippen molar-refractivity contribution in [3.05, 3.63) is 12.2 Å². The lowest BCUT2D eigenvalue weighted by molar-refractivity contribution is -0.124. The second kappa shape index (κ2) is 16.3. The van der Waals surface area contributed by atoms with Gasteiger partial charge in [-0.1, -0.05) is 110 Å². The first-order valence-corrected chi connectivity index (χ1v) is 11.5. The average molecular weight is 363 g/mol. The van der Waals surface area contributed by atoms with Crippen LogP contribution in [-0.4, -0.2) is 11.6 Å². The highest BCUT2D eigenvalue weighted by atomic mass is 16.1. The smallest absolute Gasteiger partial charge is 0.159 e. The minimum atomic E-state index is -0.0286. The van der Waals surface area contributed by atoms with Gasteiger partial charge in [-0.05, 0) is 18.6 Å². The summed E-state index contributed by atoms with van der Waals surface area (Å²) in [5, 5.41) is 0. The summed E-state index contributed by atoms with van der Waals surface area (Å²) < 4.78 is 0. The summed E-state index contributed by atoms with van der Waals surface area (Å²) >= 11 is 0. The lowest BCUT2D eigenvalue weighted by atomic mass is 9.87. The van der Waals surface area contributed by atoms with Gasteiger partial charge in [0.1, 0.15) is 0 Å². The van der Waals surface area contributed by atoms with Crippen LogP contribution in [0.5, 0.6) is 0 Å². The molecule has 150 valence electrons. The van der Waals surface area contributed by atoms with E-state index in [1.165, 1.54) is 108 Å². The molecule has 1 atom stereocenters. The molecule has 1 aliphatic rings. The second-order valence-electron chi connectivity index (χ2n) is 8.20. The zero-order valence-corrected chi connectivity index (χ0v) is 17.3. The van der Waals surface area contributed by atoms with E-state index < -0.39 is 0 Å². The minimum absolute atomic E-state index is 0.0286. The van der Waals surface area contributed by atoms with E-state index in [4.69, 9.17) is 0 Å².